The second-order valence-electron chi connectivity index (χ2n) is 7.41. The van der Waals surface area contributed by atoms with Crippen LogP contribution in [0.25, 0.3) is 0 Å². The van der Waals surface area contributed by atoms with Crippen LogP contribution in [0.5, 0.6) is 5.75 Å². The van der Waals surface area contributed by atoms with Crippen molar-refractivity contribution in [2.75, 3.05) is 18.2 Å². The standard InChI is InChI=1S/C20H24N2O3S2/c1-20(2)11-15-18(16(23)12-20)27-19(21-15)22-17(24)5-4-10-26-14-8-6-13(25-3)7-9-14/h6-9H,4-5,10-12H2,1-3H3,(H,21,22,24). The molecule has 0 saturated heterocycles. The average molecular weight is 405 g/mol. The molecule has 0 saturated carbocycles. The molecule has 0 radical (unpaired) electrons. The van der Waals surface area contributed by atoms with Crippen LogP contribution in [0.1, 0.15) is 48.5 Å². The van der Waals surface area contributed by atoms with E-state index in [0.717, 1.165) is 34.9 Å². The molecule has 0 bridgehead atoms. The van der Waals surface area contributed by atoms with Gasteiger partial charge in [0.2, 0.25) is 5.91 Å². The molecule has 27 heavy (non-hydrogen) atoms. The zero-order valence-corrected chi connectivity index (χ0v) is 17.5. The van der Waals surface area contributed by atoms with Crippen LogP contribution in [0.4, 0.5) is 5.13 Å². The Morgan fingerprint density at radius 1 is 1.30 bits per heavy atom. The number of thioether (sulfide) groups is 1. The number of amides is 1. The molecule has 0 atom stereocenters. The third-order valence-corrected chi connectivity index (χ3v) is 6.51. The molecule has 1 aliphatic rings. The van der Waals surface area contributed by atoms with Crippen molar-refractivity contribution >= 4 is 39.9 Å². The summed E-state index contributed by atoms with van der Waals surface area (Å²) in [6, 6.07) is 7.90. The molecule has 1 amide bonds. The number of hydrogen-bond acceptors (Lipinski definition) is 6. The van der Waals surface area contributed by atoms with Crippen LogP contribution in [0.15, 0.2) is 29.2 Å². The van der Waals surface area contributed by atoms with Gasteiger partial charge in [-0.15, -0.1) is 11.8 Å². The van der Waals surface area contributed by atoms with Crippen molar-refractivity contribution in [1.82, 2.24) is 4.98 Å². The molecule has 0 fully saturated rings. The van der Waals surface area contributed by atoms with Gasteiger partial charge in [0, 0.05) is 17.7 Å². The summed E-state index contributed by atoms with van der Waals surface area (Å²) in [6.45, 7) is 4.15. The van der Waals surface area contributed by atoms with E-state index in [0.29, 0.717) is 22.9 Å². The number of ketones is 1. The number of rotatable bonds is 7. The van der Waals surface area contributed by atoms with Gasteiger partial charge in [-0.25, -0.2) is 4.98 Å². The van der Waals surface area contributed by atoms with Gasteiger partial charge in [0.15, 0.2) is 10.9 Å². The Kier molecular flexibility index (Phi) is 6.22. The highest BCUT2D eigenvalue weighted by molar-refractivity contribution is 7.99. The molecule has 7 heteroatoms. The van der Waals surface area contributed by atoms with Crippen LogP contribution >= 0.6 is 23.1 Å². The van der Waals surface area contributed by atoms with E-state index in [1.54, 1.807) is 18.9 Å². The van der Waals surface area contributed by atoms with Crippen molar-refractivity contribution in [2.24, 2.45) is 5.41 Å². The first-order valence-corrected chi connectivity index (χ1v) is 10.8. The maximum atomic E-state index is 12.2. The fourth-order valence-corrected chi connectivity index (χ4v) is 4.84. The minimum absolute atomic E-state index is 0.0527. The molecule has 1 aliphatic carbocycles. The highest BCUT2D eigenvalue weighted by atomic mass is 32.2. The molecule has 1 heterocycles. The van der Waals surface area contributed by atoms with E-state index < -0.39 is 0 Å². The Morgan fingerprint density at radius 2 is 2.04 bits per heavy atom. The second kappa shape index (κ2) is 8.44. The molecule has 2 aromatic rings. The highest BCUT2D eigenvalue weighted by Gasteiger charge is 2.34. The van der Waals surface area contributed by atoms with Gasteiger partial charge < -0.3 is 10.1 Å². The molecule has 3 rings (SSSR count). The number of nitrogens with one attached hydrogen (secondary N) is 1. The number of anilines is 1. The third kappa shape index (κ3) is 5.32. The van der Waals surface area contributed by atoms with Gasteiger partial charge in [-0.2, -0.15) is 0 Å². The van der Waals surface area contributed by atoms with E-state index in [2.05, 4.69) is 24.1 Å². The van der Waals surface area contributed by atoms with Gasteiger partial charge >= 0.3 is 0 Å². The number of nitrogens with zero attached hydrogens (tertiary/aromatic N) is 1. The summed E-state index contributed by atoms with van der Waals surface area (Å²) in [5.74, 6) is 1.78. The molecule has 0 aliphatic heterocycles. The Hall–Kier alpha value is -1.86. The predicted molar refractivity (Wildman–Crippen MR) is 110 cm³/mol. The summed E-state index contributed by atoms with van der Waals surface area (Å²) in [5.41, 5.74) is 0.768. The van der Waals surface area contributed by atoms with Crippen LogP contribution in [0.3, 0.4) is 0 Å². The normalized spacial score (nSPS) is 15.3. The summed E-state index contributed by atoms with van der Waals surface area (Å²) in [6.07, 6.45) is 2.53. The van der Waals surface area contributed by atoms with Crippen LogP contribution < -0.4 is 10.1 Å². The minimum atomic E-state index is -0.0574. The van der Waals surface area contributed by atoms with Gasteiger partial charge in [-0.1, -0.05) is 25.2 Å². The van der Waals surface area contributed by atoms with Gasteiger partial charge in [-0.05, 0) is 48.3 Å². The predicted octanol–water partition coefficient (Wildman–Crippen LogP) is 4.82. The molecule has 144 valence electrons. The van der Waals surface area contributed by atoms with Crippen LogP contribution in [0, 0.1) is 5.41 Å². The van der Waals surface area contributed by atoms with Crippen molar-refractivity contribution in [1.29, 1.82) is 0 Å². The largest absolute Gasteiger partial charge is 0.497 e. The lowest BCUT2D eigenvalue weighted by molar-refractivity contribution is -0.116. The van der Waals surface area contributed by atoms with E-state index in [1.165, 1.54) is 11.3 Å². The van der Waals surface area contributed by atoms with E-state index >= 15 is 0 Å². The lowest BCUT2D eigenvalue weighted by Crippen LogP contribution is -2.26. The summed E-state index contributed by atoms with van der Waals surface area (Å²) in [5, 5.41) is 3.39. The maximum Gasteiger partial charge on any atom is 0.226 e. The number of carbonyl (C=O) groups excluding carboxylic acids is 2. The Bertz CT molecular complexity index is 828. The van der Waals surface area contributed by atoms with Crippen molar-refractivity contribution in [3.8, 4) is 5.75 Å². The quantitative estimate of drug-likeness (QED) is 0.529. The van der Waals surface area contributed by atoms with Crippen LogP contribution in [-0.2, 0) is 11.2 Å². The number of ether oxygens (including phenoxy) is 1. The van der Waals surface area contributed by atoms with E-state index in [-0.39, 0.29) is 17.1 Å². The number of Topliss-reactive ketones (excluding diaryl/α,β-unsaturated/α-hetero) is 1. The number of aromatic nitrogens is 1. The van der Waals surface area contributed by atoms with Crippen molar-refractivity contribution in [3.05, 3.63) is 34.8 Å². The average Bonchev–Trinajstić information content (AvgIpc) is 3.00. The van der Waals surface area contributed by atoms with Crippen molar-refractivity contribution in [3.63, 3.8) is 0 Å². The van der Waals surface area contributed by atoms with E-state index in [4.69, 9.17) is 4.74 Å². The Labute approximate surface area is 167 Å². The molecule has 1 aromatic carbocycles. The first-order chi connectivity index (χ1) is 12.9. The van der Waals surface area contributed by atoms with Gasteiger partial charge in [0.05, 0.1) is 17.7 Å². The van der Waals surface area contributed by atoms with Crippen LogP contribution in [-0.4, -0.2) is 29.5 Å². The molecule has 1 N–H and O–H groups in total. The molecule has 5 nitrogen and oxygen atoms in total. The SMILES string of the molecule is COc1ccc(SCCCC(=O)Nc2nc3c(s2)C(=O)CC(C)(C)C3)cc1. The first kappa shape index (κ1) is 19.9. The zero-order chi connectivity index (χ0) is 19.4. The summed E-state index contributed by atoms with van der Waals surface area (Å²) >= 11 is 3.02. The summed E-state index contributed by atoms with van der Waals surface area (Å²) in [7, 11) is 1.65. The van der Waals surface area contributed by atoms with Gasteiger partial charge in [-0.3, -0.25) is 9.59 Å². The zero-order valence-electron chi connectivity index (χ0n) is 15.8. The summed E-state index contributed by atoms with van der Waals surface area (Å²) < 4.78 is 5.14. The number of thiazole rings is 1. The van der Waals surface area contributed by atoms with E-state index in [9.17, 15) is 9.59 Å². The number of fused-ring (bicyclic) bond motifs is 1. The maximum absolute atomic E-state index is 12.2. The number of methoxy groups -OCH3 is 1. The topological polar surface area (TPSA) is 68.3 Å². The van der Waals surface area contributed by atoms with E-state index in [1.807, 2.05) is 24.3 Å². The number of benzene rings is 1. The minimum Gasteiger partial charge on any atom is -0.497 e. The number of hydrogen-bond donors (Lipinski definition) is 1. The fourth-order valence-electron chi connectivity index (χ4n) is 3.05. The van der Waals surface area contributed by atoms with Crippen LogP contribution in [0.2, 0.25) is 0 Å². The molecule has 0 spiro atoms. The first-order valence-electron chi connectivity index (χ1n) is 8.96. The van der Waals surface area contributed by atoms with Gasteiger partial charge in [0.25, 0.3) is 0 Å². The Morgan fingerprint density at radius 3 is 2.74 bits per heavy atom. The fraction of sp³-hybridized carbons (Fsp3) is 0.450. The molecule has 1 aromatic heterocycles. The molecule has 0 unspecified atom stereocenters. The summed E-state index contributed by atoms with van der Waals surface area (Å²) in [4.78, 5) is 30.8. The monoisotopic (exact) mass is 404 g/mol. The lowest BCUT2D eigenvalue weighted by Gasteiger charge is -2.26. The number of carbonyl (C=O) groups is 2. The smallest absolute Gasteiger partial charge is 0.226 e. The third-order valence-electron chi connectivity index (χ3n) is 4.36. The molecular weight excluding hydrogens is 380 g/mol. The molecular formula is C20H24N2O3S2. The van der Waals surface area contributed by atoms with Crippen molar-refractivity contribution < 1.29 is 14.3 Å². The lowest BCUT2D eigenvalue weighted by atomic mass is 9.78. The highest BCUT2D eigenvalue weighted by Crippen LogP contribution is 2.38. The van der Waals surface area contributed by atoms with Crippen molar-refractivity contribution in [2.45, 2.75) is 44.4 Å². The van der Waals surface area contributed by atoms with Gasteiger partial charge in [0.1, 0.15) is 5.75 Å². The second-order valence-corrected chi connectivity index (χ2v) is 9.58. The Balaban J connectivity index is 1.45.